The quantitative estimate of drug-likeness (QED) is 0.650. The summed E-state index contributed by atoms with van der Waals surface area (Å²) < 4.78 is 5.40. The molecule has 1 aliphatic rings. The molecule has 1 aliphatic carbocycles. The minimum Gasteiger partial charge on any atom is -0.444 e. The Labute approximate surface area is 148 Å². The van der Waals surface area contributed by atoms with Crippen molar-refractivity contribution in [2.75, 3.05) is 0 Å². The van der Waals surface area contributed by atoms with Crippen molar-refractivity contribution in [2.45, 2.75) is 110 Å². The predicted octanol–water partition coefficient (Wildman–Crippen LogP) is 5.04. The SMILES string of the molecule is CCC(CC)C[C@H](O)[C@H](CC1CCCCC1)NC(=O)OC(C)(C)C. The second-order valence-corrected chi connectivity index (χ2v) is 8.48. The number of ether oxygens (including phenoxy) is 1. The summed E-state index contributed by atoms with van der Waals surface area (Å²) in [6.45, 7) is 9.92. The topological polar surface area (TPSA) is 58.6 Å². The molecule has 4 nitrogen and oxygen atoms in total. The van der Waals surface area contributed by atoms with Crippen LogP contribution in [0.25, 0.3) is 0 Å². The first-order valence-electron chi connectivity index (χ1n) is 9.92. The second-order valence-electron chi connectivity index (χ2n) is 8.48. The molecule has 1 rings (SSSR count). The van der Waals surface area contributed by atoms with E-state index in [0.717, 1.165) is 25.7 Å². The van der Waals surface area contributed by atoms with Gasteiger partial charge in [-0.3, -0.25) is 0 Å². The zero-order chi connectivity index (χ0) is 18.2. The lowest BCUT2D eigenvalue weighted by atomic mass is 9.82. The van der Waals surface area contributed by atoms with Gasteiger partial charge in [-0.25, -0.2) is 4.79 Å². The van der Waals surface area contributed by atoms with Crippen molar-refractivity contribution in [1.82, 2.24) is 5.32 Å². The van der Waals surface area contributed by atoms with Crippen LogP contribution in [0.5, 0.6) is 0 Å². The van der Waals surface area contributed by atoms with Crippen LogP contribution in [0, 0.1) is 11.8 Å². The zero-order valence-electron chi connectivity index (χ0n) is 16.4. The van der Waals surface area contributed by atoms with Crippen LogP contribution < -0.4 is 5.32 Å². The van der Waals surface area contributed by atoms with Crippen molar-refractivity contribution in [2.24, 2.45) is 11.8 Å². The molecule has 0 aromatic heterocycles. The average Bonchev–Trinajstić information content (AvgIpc) is 2.51. The van der Waals surface area contributed by atoms with Gasteiger partial charge >= 0.3 is 6.09 Å². The van der Waals surface area contributed by atoms with Crippen LogP contribution in [-0.2, 0) is 4.74 Å². The minimum absolute atomic E-state index is 0.205. The monoisotopic (exact) mass is 341 g/mol. The van der Waals surface area contributed by atoms with E-state index >= 15 is 0 Å². The predicted molar refractivity (Wildman–Crippen MR) is 99.0 cm³/mol. The Balaban J connectivity index is 2.67. The fraction of sp³-hybridized carbons (Fsp3) is 0.950. The molecule has 1 saturated carbocycles. The summed E-state index contributed by atoms with van der Waals surface area (Å²) in [5, 5.41) is 13.7. The molecule has 0 saturated heterocycles. The largest absolute Gasteiger partial charge is 0.444 e. The highest BCUT2D eigenvalue weighted by molar-refractivity contribution is 5.68. The highest BCUT2D eigenvalue weighted by atomic mass is 16.6. The molecule has 24 heavy (non-hydrogen) atoms. The third-order valence-corrected chi connectivity index (χ3v) is 5.21. The standard InChI is InChI=1S/C20H39NO3/c1-6-15(7-2)14-18(22)17(13-16-11-9-8-10-12-16)21-19(23)24-20(3,4)5/h15-18,22H,6-14H2,1-5H3,(H,21,23)/t17-,18-/m0/s1. The number of carbonyl (C=O) groups excluding carboxylic acids is 1. The van der Waals surface area contributed by atoms with Gasteiger partial charge in [0, 0.05) is 0 Å². The van der Waals surface area contributed by atoms with Gasteiger partial charge in [0.1, 0.15) is 5.60 Å². The molecule has 4 heteroatoms. The van der Waals surface area contributed by atoms with E-state index in [9.17, 15) is 9.90 Å². The molecule has 142 valence electrons. The minimum atomic E-state index is -0.514. The molecular formula is C20H39NO3. The van der Waals surface area contributed by atoms with Gasteiger partial charge in [0.15, 0.2) is 0 Å². The summed E-state index contributed by atoms with van der Waals surface area (Å²) in [5.74, 6) is 1.12. The first-order valence-corrected chi connectivity index (χ1v) is 9.92. The summed E-state index contributed by atoms with van der Waals surface area (Å²) in [4.78, 5) is 12.2. The molecular weight excluding hydrogens is 302 g/mol. The van der Waals surface area contributed by atoms with Gasteiger partial charge < -0.3 is 15.2 Å². The molecule has 0 aliphatic heterocycles. The first-order chi connectivity index (χ1) is 11.2. The number of carbonyl (C=O) groups is 1. The normalized spacial score (nSPS) is 19.1. The van der Waals surface area contributed by atoms with Crippen molar-refractivity contribution in [3.63, 3.8) is 0 Å². The van der Waals surface area contributed by atoms with Crippen LogP contribution in [0.2, 0.25) is 0 Å². The van der Waals surface area contributed by atoms with Crippen LogP contribution in [0.3, 0.4) is 0 Å². The van der Waals surface area contributed by atoms with Gasteiger partial charge in [-0.05, 0) is 45.4 Å². The maximum absolute atomic E-state index is 12.2. The number of hydrogen-bond acceptors (Lipinski definition) is 3. The average molecular weight is 342 g/mol. The Kier molecular flexibility index (Phi) is 9.11. The Morgan fingerprint density at radius 3 is 2.25 bits per heavy atom. The Bertz CT molecular complexity index is 354. The van der Waals surface area contributed by atoms with E-state index in [1.165, 1.54) is 32.1 Å². The van der Waals surface area contributed by atoms with E-state index in [1.54, 1.807) is 0 Å². The molecule has 0 aromatic carbocycles. The lowest BCUT2D eigenvalue weighted by Gasteiger charge is -2.32. The van der Waals surface area contributed by atoms with Crippen molar-refractivity contribution in [3.8, 4) is 0 Å². The molecule has 0 heterocycles. The van der Waals surface area contributed by atoms with Crippen LogP contribution in [0.15, 0.2) is 0 Å². The Morgan fingerprint density at radius 2 is 1.75 bits per heavy atom. The molecule has 0 bridgehead atoms. The van der Waals surface area contributed by atoms with E-state index in [2.05, 4.69) is 19.2 Å². The Hall–Kier alpha value is -0.770. The zero-order valence-corrected chi connectivity index (χ0v) is 16.4. The lowest BCUT2D eigenvalue weighted by molar-refractivity contribution is 0.0351. The molecule has 1 fully saturated rings. The molecule has 0 radical (unpaired) electrons. The summed E-state index contributed by atoms with van der Waals surface area (Å²) in [5.41, 5.74) is -0.514. The fourth-order valence-electron chi connectivity index (χ4n) is 3.68. The lowest BCUT2D eigenvalue weighted by Crippen LogP contribution is -2.47. The van der Waals surface area contributed by atoms with E-state index < -0.39 is 17.8 Å². The Morgan fingerprint density at radius 1 is 1.17 bits per heavy atom. The molecule has 0 spiro atoms. The molecule has 0 unspecified atom stereocenters. The van der Waals surface area contributed by atoms with Crippen molar-refractivity contribution < 1.29 is 14.6 Å². The van der Waals surface area contributed by atoms with Crippen molar-refractivity contribution >= 4 is 6.09 Å². The van der Waals surface area contributed by atoms with Gasteiger partial charge in [0.2, 0.25) is 0 Å². The molecule has 0 aromatic rings. The number of hydrogen-bond donors (Lipinski definition) is 2. The summed E-state index contributed by atoms with van der Waals surface area (Å²) in [6, 6.07) is -0.205. The van der Waals surface area contributed by atoms with Crippen LogP contribution in [0.4, 0.5) is 4.79 Å². The van der Waals surface area contributed by atoms with Crippen molar-refractivity contribution in [3.05, 3.63) is 0 Å². The highest BCUT2D eigenvalue weighted by Gasteiger charge is 2.29. The smallest absolute Gasteiger partial charge is 0.407 e. The van der Waals surface area contributed by atoms with Gasteiger partial charge in [-0.2, -0.15) is 0 Å². The third kappa shape index (κ3) is 8.36. The summed E-state index contributed by atoms with van der Waals surface area (Å²) in [7, 11) is 0. The van der Waals surface area contributed by atoms with Crippen molar-refractivity contribution in [1.29, 1.82) is 0 Å². The maximum atomic E-state index is 12.2. The number of aliphatic hydroxyl groups excluding tert-OH is 1. The van der Waals surface area contributed by atoms with Gasteiger partial charge in [-0.15, -0.1) is 0 Å². The van der Waals surface area contributed by atoms with Gasteiger partial charge in [0.25, 0.3) is 0 Å². The van der Waals surface area contributed by atoms with E-state index in [0.29, 0.717) is 11.8 Å². The van der Waals surface area contributed by atoms with Gasteiger partial charge in [-0.1, -0.05) is 58.8 Å². The highest BCUT2D eigenvalue weighted by Crippen LogP contribution is 2.29. The molecule has 2 atom stereocenters. The number of nitrogens with one attached hydrogen (secondary N) is 1. The van der Waals surface area contributed by atoms with Gasteiger partial charge in [0.05, 0.1) is 12.1 Å². The number of amides is 1. The number of alkyl carbamates (subject to hydrolysis) is 1. The fourth-order valence-corrected chi connectivity index (χ4v) is 3.68. The third-order valence-electron chi connectivity index (χ3n) is 5.21. The summed E-state index contributed by atoms with van der Waals surface area (Å²) >= 11 is 0. The number of rotatable bonds is 8. The summed E-state index contributed by atoms with van der Waals surface area (Å²) in [6.07, 6.45) is 9.12. The van der Waals surface area contributed by atoms with Crippen LogP contribution in [0.1, 0.15) is 92.4 Å². The van der Waals surface area contributed by atoms with E-state index in [1.807, 2.05) is 20.8 Å². The molecule has 1 amide bonds. The molecule has 2 N–H and O–H groups in total. The first kappa shape index (κ1) is 21.3. The maximum Gasteiger partial charge on any atom is 0.407 e. The van der Waals surface area contributed by atoms with E-state index in [-0.39, 0.29) is 6.04 Å². The second kappa shape index (κ2) is 10.3. The van der Waals surface area contributed by atoms with Crippen LogP contribution >= 0.6 is 0 Å². The van der Waals surface area contributed by atoms with E-state index in [4.69, 9.17) is 4.74 Å². The van der Waals surface area contributed by atoms with Crippen LogP contribution in [-0.4, -0.2) is 28.9 Å². The number of aliphatic hydroxyl groups is 1.